The van der Waals surface area contributed by atoms with Crippen LogP contribution in [0.3, 0.4) is 0 Å². The number of piperidine rings is 1. The van der Waals surface area contributed by atoms with Crippen molar-refractivity contribution in [2.45, 2.75) is 43.7 Å². The van der Waals surface area contributed by atoms with Crippen molar-refractivity contribution in [2.75, 3.05) is 7.11 Å². The molecule has 1 aromatic rings. The van der Waals surface area contributed by atoms with Crippen LogP contribution < -0.4 is 10.1 Å². The van der Waals surface area contributed by atoms with Gasteiger partial charge < -0.3 is 10.1 Å². The highest BCUT2D eigenvalue weighted by Gasteiger charge is 2.52. The third-order valence-electron chi connectivity index (χ3n) is 4.41. The highest BCUT2D eigenvalue weighted by Crippen LogP contribution is 2.43. The van der Waals surface area contributed by atoms with Gasteiger partial charge in [0.05, 0.1) is 7.11 Å². The molecule has 2 bridgehead atoms. The van der Waals surface area contributed by atoms with Gasteiger partial charge in [-0.15, -0.1) is 0 Å². The summed E-state index contributed by atoms with van der Waals surface area (Å²) in [4.78, 5) is 0. The quantitative estimate of drug-likeness (QED) is 0.909. The van der Waals surface area contributed by atoms with E-state index in [0.717, 1.165) is 24.2 Å². The highest BCUT2D eigenvalue weighted by atomic mass is 19.3. The number of ether oxygens (including phenoxy) is 1. The number of alkyl halides is 2. The Morgan fingerprint density at radius 2 is 2.21 bits per heavy atom. The van der Waals surface area contributed by atoms with Crippen molar-refractivity contribution < 1.29 is 13.5 Å². The topological polar surface area (TPSA) is 21.3 Å². The predicted octanol–water partition coefficient (Wildman–Crippen LogP) is 3.01. The lowest BCUT2D eigenvalue weighted by atomic mass is 9.83. The first-order chi connectivity index (χ1) is 9.08. The van der Waals surface area contributed by atoms with E-state index in [1.807, 2.05) is 24.3 Å². The van der Waals surface area contributed by atoms with E-state index in [2.05, 4.69) is 5.32 Å². The van der Waals surface area contributed by atoms with Gasteiger partial charge in [-0.2, -0.15) is 0 Å². The lowest BCUT2D eigenvalue weighted by molar-refractivity contribution is -0.0955. The summed E-state index contributed by atoms with van der Waals surface area (Å²) in [6, 6.07) is 7.44. The van der Waals surface area contributed by atoms with Crippen LogP contribution >= 0.6 is 0 Å². The first-order valence-corrected chi connectivity index (χ1v) is 6.85. The summed E-state index contributed by atoms with van der Waals surface area (Å²) >= 11 is 0. The third-order valence-corrected chi connectivity index (χ3v) is 4.41. The minimum absolute atomic E-state index is 0.0153. The summed E-state index contributed by atoms with van der Waals surface area (Å²) < 4.78 is 33.6. The molecule has 19 heavy (non-hydrogen) atoms. The molecule has 2 aliphatic heterocycles. The average Bonchev–Trinajstić information content (AvgIpc) is 2.78. The van der Waals surface area contributed by atoms with Gasteiger partial charge in [0.2, 0.25) is 0 Å². The summed E-state index contributed by atoms with van der Waals surface area (Å²) in [6.45, 7) is 0. The molecule has 2 aliphatic rings. The number of halogens is 2. The zero-order valence-electron chi connectivity index (χ0n) is 11.0. The second-order valence-electron chi connectivity index (χ2n) is 5.67. The molecule has 104 valence electrons. The maximum atomic E-state index is 14.2. The fourth-order valence-corrected chi connectivity index (χ4v) is 3.45. The zero-order chi connectivity index (χ0) is 13.5. The van der Waals surface area contributed by atoms with Crippen molar-refractivity contribution in [3.05, 3.63) is 29.8 Å². The monoisotopic (exact) mass is 267 g/mol. The molecule has 3 atom stereocenters. The molecule has 0 aromatic heterocycles. The maximum absolute atomic E-state index is 14.2. The van der Waals surface area contributed by atoms with Crippen LogP contribution in [0.1, 0.15) is 24.8 Å². The minimum Gasteiger partial charge on any atom is -0.497 e. The standard InChI is InChI=1S/C15H19F2NO/c1-19-12-4-2-3-10(7-12)8-13-14-6-5-11(18-14)9-15(13,16)17/h2-4,7,11,13-14,18H,5-6,8-9H2,1H3. The summed E-state index contributed by atoms with van der Waals surface area (Å²) in [5.41, 5.74) is 0.927. The summed E-state index contributed by atoms with van der Waals surface area (Å²) in [7, 11) is 1.59. The Labute approximate surface area is 112 Å². The molecule has 0 aliphatic carbocycles. The normalized spacial score (nSPS) is 32.3. The van der Waals surface area contributed by atoms with E-state index in [0.29, 0.717) is 6.42 Å². The van der Waals surface area contributed by atoms with Gasteiger partial charge >= 0.3 is 0 Å². The Kier molecular flexibility index (Phi) is 3.21. The Morgan fingerprint density at radius 3 is 3.00 bits per heavy atom. The van der Waals surface area contributed by atoms with E-state index in [-0.39, 0.29) is 18.5 Å². The van der Waals surface area contributed by atoms with Crippen LogP contribution in [0, 0.1) is 5.92 Å². The van der Waals surface area contributed by atoms with Gasteiger partial charge in [0.15, 0.2) is 0 Å². The van der Waals surface area contributed by atoms with E-state index >= 15 is 0 Å². The van der Waals surface area contributed by atoms with Crippen LogP contribution in [0.5, 0.6) is 5.75 Å². The highest BCUT2D eigenvalue weighted by molar-refractivity contribution is 5.29. The van der Waals surface area contributed by atoms with Crippen LogP contribution in [-0.4, -0.2) is 25.1 Å². The van der Waals surface area contributed by atoms with Crippen molar-refractivity contribution >= 4 is 0 Å². The lowest BCUT2D eigenvalue weighted by Gasteiger charge is -2.37. The third kappa shape index (κ3) is 2.46. The second kappa shape index (κ2) is 4.75. The largest absolute Gasteiger partial charge is 0.497 e. The van der Waals surface area contributed by atoms with E-state index in [1.165, 1.54) is 0 Å². The van der Waals surface area contributed by atoms with Gasteiger partial charge in [0.25, 0.3) is 5.92 Å². The fraction of sp³-hybridized carbons (Fsp3) is 0.600. The van der Waals surface area contributed by atoms with Crippen molar-refractivity contribution in [1.29, 1.82) is 0 Å². The Hall–Kier alpha value is -1.16. The lowest BCUT2D eigenvalue weighted by Crippen LogP contribution is -2.52. The van der Waals surface area contributed by atoms with Gasteiger partial charge in [-0.05, 0) is 37.0 Å². The molecule has 0 radical (unpaired) electrons. The van der Waals surface area contributed by atoms with Crippen LogP contribution in [0.25, 0.3) is 0 Å². The van der Waals surface area contributed by atoms with E-state index in [4.69, 9.17) is 4.74 Å². The van der Waals surface area contributed by atoms with Gasteiger partial charge in [0.1, 0.15) is 5.75 Å². The van der Waals surface area contributed by atoms with Crippen LogP contribution in [-0.2, 0) is 6.42 Å². The first-order valence-electron chi connectivity index (χ1n) is 6.85. The van der Waals surface area contributed by atoms with Gasteiger partial charge in [-0.25, -0.2) is 8.78 Å². The maximum Gasteiger partial charge on any atom is 0.254 e. The SMILES string of the molecule is COc1cccc(CC2C3CCC(CC2(F)F)N3)c1. The summed E-state index contributed by atoms with van der Waals surface area (Å²) in [5.74, 6) is -2.42. The molecule has 2 heterocycles. The van der Waals surface area contributed by atoms with Crippen molar-refractivity contribution in [3.8, 4) is 5.75 Å². The molecule has 2 nitrogen and oxygen atoms in total. The zero-order valence-corrected chi connectivity index (χ0v) is 11.0. The number of methoxy groups -OCH3 is 1. The molecule has 3 rings (SSSR count). The fourth-order valence-electron chi connectivity index (χ4n) is 3.45. The predicted molar refractivity (Wildman–Crippen MR) is 69.7 cm³/mol. The number of fused-ring (bicyclic) bond motifs is 2. The molecule has 4 heteroatoms. The molecular weight excluding hydrogens is 248 g/mol. The van der Waals surface area contributed by atoms with Crippen molar-refractivity contribution in [3.63, 3.8) is 0 Å². The van der Waals surface area contributed by atoms with Crippen molar-refractivity contribution in [2.24, 2.45) is 5.92 Å². The summed E-state index contributed by atoms with van der Waals surface area (Å²) in [5, 5.41) is 3.33. The van der Waals surface area contributed by atoms with Crippen LogP contribution in [0.15, 0.2) is 24.3 Å². The van der Waals surface area contributed by atoms with Gasteiger partial charge in [-0.3, -0.25) is 0 Å². The molecule has 2 saturated heterocycles. The number of hydrogen-bond donors (Lipinski definition) is 1. The first kappa shape index (κ1) is 12.9. The van der Waals surface area contributed by atoms with Gasteiger partial charge in [-0.1, -0.05) is 12.1 Å². The Bertz CT molecular complexity index is 463. The molecular formula is C15H19F2NO. The number of hydrogen-bond acceptors (Lipinski definition) is 2. The smallest absolute Gasteiger partial charge is 0.254 e. The molecule has 0 amide bonds. The minimum atomic E-state index is -2.56. The van der Waals surface area contributed by atoms with E-state index < -0.39 is 11.8 Å². The molecule has 0 saturated carbocycles. The van der Waals surface area contributed by atoms with Gasteiger partial charge in [0, 0.05) is 24.4 Å². The molecule has 2 fully saturated rings. The molecule has 1 N–H and O–H groups in total. The second-order valence-corrected chi connectivity index (χ2v) is 5.67. The van der Waals surface area contributed by atoms with E-state index in [1.54, 1.807) is 7.11 Å². The Morgan fingerprint density at radius 1 is 1.37 bits per heavy atom. The van der Waals surface area contributed by atoms with Crippen molar-refractivity contribution in [1.82, 2.24) is 5.32 Å². The molecule has 3 unspecified atom stereocenters. The number of benzene rings is 1. The molecule has 0 spiro atoms. The average molecular weight is 267 g/mol. The van der Waals surface area contributed by atoms with E-state index in [9.17, 15) is 8.78 Å². The van der Waals surface area contributed by atoms with Crippen LogP contribution in [0.4, 0.5) is 8.78 Å². The number of rotatable bonds is 3. The summed E-state index contributed by atoms with van der Waals surface area (Å²) in [6.07, 6.45) is 2.15. The van der Waals surface area contributed by atoms with Crippen LogP contribution in [0.2, 0.25) is 0 Å². The number of nitrogens with one attached hydrogen (secondary N) is 1. The Balaban J connectivity index is 1.80. The molecule has 1 aromatic carbocycles.